The smallest absolute Gasteiger partial charge is 0.238 e. The average molecular weight is 353 g/mol. The lowest BCUT2D eigenvalue weighted by atomic mass is 10.0. The van der Waals surface area contributed by atoms with Crippen molar-refractivity contribution in [3.05, 3.63) is 36.0 Å². The van der Waals surface area contributed by atoms with Gasteiger partial charge in [-0.25, -0.2) is 0 Å². The summed E-state index contributed by atoms with van der Waals surface area (Å²) < 4.78 is 0. The van der Waals surface area contributed by atoms with Gasteiger partial charge in [-0.2, -0.15) is 0 Å². The highest BCUT2D eigenvalue weighted by molar-refractivity contribution is 6.07. The van der Waals surface area contributed by atoms with E-state index in [2.05, 4.69) is 22.4 Å². The molecular formula is C21H27N3O2. The van der Waals surface area contributed by atoms with Crippen LogP contribution in [0.3, 0.4) is 0 Å². The maximum Gasteiger partial charge on any atom is 0.238 e. The van der Waals surface area contributed by atoms with Crippen molar-refractivity contribution in [2.75, 3.05) is 19.6 Å². The van der Waals surface area contributed by atoms with Crippen molar-refractivity contribution in [2.45, 2.75) is 44.9 Å². The Morgan fingerprint density at radius 2 is 1.81 bits per heavy atom. The lowest BCUT2D eigenvalue weighted by molar-refractivity contribution is -0.144. The monoisotopic (exact) mass is 353 g/mol. The van der Waals surface area contributed by atoms with E-state index in [0.29, 0.717) is 19.4 Å². The first-order valence-electron chi connectivity index (χ1n) is 9.83. The number of benzene rings is 1. The van der Waals surface area contributed by atoms with Crippen LogP contribution in [-0.4, -0.2) is 41.3 Å². The molecule has 5 nitrogen and oxygen atoms in total. The van der Waals surface area contributed by atoms with Crippen LogP contribution in [0.5, 0.6) is 0 Å². The molecule has 1 aliphatic heterocycles. The topological polar surface area (TPSA) is 65.2 Å². The molecule has 26 heavy (non-hydrogen) atoms. The molecule has 0 spiro atoms. The van der Waals surface area contributed by atoms with Crippen LogP contribution in [0, 0.1) is 5.41 Å². The van der Waals surface area contributed by atoms with Gasteiger partial charge in [-0.05, 0) is 43.7 Å². The summed E-state index contributed by atoms with van der Waals surface area (Å²) in [5.74, 6) is -0.0180. The van der Waals surface area contributed by atoms with Crippen molar-refractivity contribution in [1.82, 2.24) is 15.2 Å². The number of hydrogen-bond donors (Lipinski definition) is 2. The van der Waals surface area contributed by atoms with Gasteiger partial charge in [0.2, 0.25) is 11.8 Å². The van der Waals surface area contributed by atoms with Gasteiger partial charge in [0.1, 0.15) is 5.41 Å². The summed E-state index contributed by atoms with van der Waals surface area (Å²) in [6.07, 6.45) is 8.66. The summed E-state index contributed by atoms with van der Waals surface area (Å²) in [5.41, 5.74) is 1.54. The van der Waals surface area contributed by atoms with Crippen LogP contribution < -0.4 is 5.32 Å². The first-order valence-corrected chi connectivity index (χ1v) is 9.83. The van der Waals surface area contributed by atoms with Gasteiger partial charge < -0.3 is 15.2 Å². The zero-order chi connectivity index (χ0) is 18.0. The Morgan fingerprint density at radius 1 is 1.08 bits per heavy atom. The lowest BCUT2D eigenvalue weighted by Gasteiger charge is -2.25. The molecule has 2 aromatic rings. The van der Waals surface area contributed by atoms with Crippen molar-refractivity contribution in [3.8, 4) is 0 Å². The molecule has 2 aliphatic rings. The molecule has 0 bridgehead atoms. The molecule has 1 saturated carbocycles. The first-order chi connectivity index (χ1) is 12.7. The summed E-state index contributed by atoms with van der Waals surface area (Å²) in [6, 6.07) is 8.18. The second-order valence-electron chi connectivity index (χ2n) is 7.65. The number of likely N-dealkylation sites (tertiary alicyclic amines) is 1. The predicted octanol–water partition coefficient (Wildman–Crippen LogP) is 3.01. The third kappa shape index (κ3) is 3.22. The van der Waals surface area contributed by atoms with Crippen LogP contribution >= 0.6 is 0 Å². The van der Waals surface area contributed by atoms with E-state index in [9.17, 15) is 9.59 Å². The number of nitrogens with zero attached hydrogens (tertiary/aromatic N) is 1. The standard InChI is InChI=1S/C21H27N3O2/c25-19(21(10-11-21)20(26)24-13-5-1-2-6-14-24)22-12-9-16-15-23-18-8-4-3-7-17(16)18/h3-4,7-8,15,23H,1-2,5-6,9-14H2,(H,22,25). The molecule has 2 amide bonds. The fourth-order valence-corrected chi connectivity index (χ4v) is 4.06. The number of carbonyl (C=O) groups excluding carboxylic acids is 2. The Morgan fingerprint density at radius 3 is 2.54 bits per heavy atom. The maximum atomic E-state index is 12.9. The number of nitrogens with one attached hydrogen (secondary N) is 2. The number of amides is 2. The van der Waals surface area contributed by atoms with Crippen molar-refractivity contribution >= 4 is 22.7 Å². The molecule has 4 rings (SSSR count). The van der Waals surface area contributed by atoms with Gasteiger partial charge in [0, 0.05) is 36.7 Å². The van der Waals surface area contributed by atoms with Crippen LogP contribution in [0.25, 0.3) is 10.9 Å². The molecule has 0 radical (unpaired) electrons. The SMILES string of the molecule is O=C(NCCc1c[nH]c2ccccc12)C1(C(=O)N2CCCCCC2)CC1. The van der Waals surface area contributed by atoms with Crippen LogP contribution in [-0.2, 0) is 16.0 Å². The predicted molar refractivity (Wildman–Crippen MR) is 102 cm³/mol. The summed E-state index contributed by atoms with van der Waals surface area (Å²) in [5, 5.41) is 4.22. The molecule has 2 heterocycles. The first kappa shape index (κ1) is 17.1. The number of aromatic amines is 1. The molecule has 2 fully saturated rings. The van der Waals surface area contributed by atoms with Crippen LogP contribution in [0.15, 0.2) is 30.5 Å². The van der Waals surface area contributed by atoms with E-state index in [0.717, 1.165) is 37.9 Å². The maximum absolute atomic E-state index is 12.9. The van der Waals surface area contributed by atoms with E-state index in [4.69, 9.17) is 0 Å². The fourth-order valence-electron chi connectivity index (χ4n) is 4.06. The minimum absolute atomic E-state index is 0.0593. The zero-order valence-corrected chi connectivity index (χ0v) is 15.2. The highest BCUT2D eigenvalue weighted by Crippen LogP contribution is 2.47. The van der Waals surface area contributed by atoms with Gasteiger partial charge in [-0.15, -0.1) is 0 Å². The number of carbonyl (C=O) groups is 2. The molecule has 2 N–H and O–H groups in total. The summed E-state index contributed by atoms with van der Waals surface area (Å²) in [6.45, 7) is 2.18. The van der Waals surface area contributed by atoms with Crippen LogP contribution in [0.1, 0.15) is 44.1 Å². The second kappa shape index (κ2) is 7.14. The third-order valence-electron chi connectivity index (χ3n) is 5.84. The molecule has 138 valence electrons. The van der Waals surface area contributed by atoms with E-state index < -0.39 is 5.41 Å². The third-order valence-corrected chi connectivity index (χ3v) is 5.84. The highest BCUT2D eigenvalue weighted by Gasteiger charge is 2.57. The number of para-hydroxylation sites is 1. The largest absolute Gasteiger partial charge is 0.361 e. The number of fused-ring (bicyclic) bond motifs is 1. The van der Waals surface area contributed by atoms with Gasteiger partial charge >= 0.3 is 0 Å². The van der Waals surface area contributed by atoms with Crippen molar-refractivity contribution in [1.29, 1.82) is 0 Å². The Hall–Kier alpha value is -2.30. The Labute approximate surface area is 154 Å². The van der Waals surface area contributed by atoms with Crippen LogP contribution in [0.2, 0.25) is 0 Å². The average Bonchev–Trinajstić information content (AvgIpc) is 3.43. The summed E-state index contributed by atoms with van der Waals surface area (Å²) >= 11 is 0. The van der Waals surface area contributed by atoms with Gasteiger partial charge in [0.25, 0.3) is 0 Å². The summed E-state index contributed by atoms with van der Waals surface area (Å²) in [4.78, 5) is 30.8. The number of H-pyrrole nitrogens is 1. The van der Waals surface area contributed by atoms with E-state index in [-0.39, 0.29) is 11.8 Å². The molecule has 1 saturated heterocycles. The van der Waals surface area contributed by atoms with Gasteiger partial charge in [-0.1, -0.05) is 31.0 Å². The van der Waals surface area contributed by atoms with Crippen molar-refractivity contribution in [2.24, 2.45) is 5.41 Å². The van der Waals surface area contributed by atoms with Gasteiger partial charge in [-0.3, -0.25) is 9.59 Å². The minimum Gasteiger partial charge on any atom is -0.361 e. The molecule has 1 aliphatic carbocycles. The van der Waals surface area contributed by atoms with E-state index in [1.165, 1.54) is 23.8 Å². The van der Waals surface area contributed by atoms with Crippen LogP contribution in [0.4, 0.5) is 0 Å². The minimum atomic E-state index is -0.773. The Balaban J connectivity index is 1.34. The lowest BCUT2D eigenvalue weighted by Crippen LogP contribution is -2.46. The number of hydrogen-bond acceptors (Lipinski definition) is 2. The molecule has 5 heteroatoms. The summed E-state index contributed by atoms with van der Waals surface area (Å²) in [7, 11) is 0. The second-order valence-corrected chi connectivity index (χ2v) is 7.65. The Bertz CT molecular complexity index is 798. The normalized spacial score (nSPS) is 19.2. The quantitative estimate of drug-likeness (QED) is 0.812. The molecular weight excluding hydrogens is 326 g/mol. The highest BCUT2D eigenvalue weighted by atomic mass is 16.2. The fraction of sp³-hybridized carbons (Fsp3) is 0.524. The molecule has 1 aromatic carbocycles. The van der Waals surface area contributed by atoms with Gasteiger partial charge in [0.05, 0.1) is 0 Å². The molecule has 0 atom stereocenters. The zero-order valence-electron chi connectivity index (χ0n) is 15.2. The van der Waals surface area contributed by atoms with Crippen molar-refractivity contribution in [3.63, 3.8) is 0 Å². The molecule has 1 aromatic heterocycles. The molecule has 0 unspecified atom stereocenters. The van der Waals surface area contributed by atoms with Crippen molar-refractivity contribution < 1.29 is 9.59 Å². The number of aromatic nitrogens is 1. The Kier molecular flexibility index (Phi) is 4.70. The van der Waals surface area contributed by atoms with E-state index in [1.54, 1.807) is 0 Å². The number of rotatable bonds is 5. The van der Waals surface area contributed by atoms with E-state index in [1.807, 2.05) is 23.2 Å². The van der Waals surface area contributed by atoms with Gasteiger partial charge in [0.15, 0.2) is 0 Å². The van der Waals surface area contributed by atoms with E-state index >= 15 is 0 Å².